The van der Waals surface area contributed by atoms with Crippen LogP contribution < -0.4 is 5.32 Å². The van der Waals surface area contributed by atoms with Crippen molar-refractivity contribution in [2.45, 2.75) is 31.6 Å². The van der Waals surface area contributed by atoms with Gasteiger partial charge in [-0.1, -0.05) is 23.5 Å². The summed E-state index contributed by atoms with van der Waals surface area (Å²) in [6.45, 7) is 0. The number of para-hydroxylation sites is 2. The van der Waals surface area contributed by atoms with Crippen LogP contribution in [0, 0.1) is 0 Å². The van der Waals surface area contributed by atoms with E-state index in [1.54, 1.807) is 0 Å². The van der Waals surface area contributed by atoms with Crippen molar-refractivity contribution in [2.75, 3.05) is 5.32 Å². The Morgan fingerprint density at radius 1 is 1.32 bits per heavy atom. The van der Waals surface area contributed by atoms with E-state index in [1.807, 2.05) is 24.3 Å². The summed E-state index contributed by atoms with van der Waals surface area (Å²) in [4.78, 5) is 19.7. The van der Waals surface area contributed by atoms with Crippen molar-refractivity contribution in [1.82, 2.24) is 20.2 Å². The molecular formula is C15H15N5OS. The van der Waals surface area contributed by atoms with Crippen molar-refractivity contribution in [3.05, 3.63) is 35.1 Å². The summed E-state index contributed by atoms with van der Waals surface area (Å²) in [6, 6.07) is 7.85. The molecule has 2 N–H and O–H groups in total. The van der Waals surface area contributed by atoms with E-state index in [9.17, 15) is 4.79 Å². The topological polar surface area (TPSA) is 83.6 Å². The molecule has 0 unspecified atom stereocenters. The predicted octanol–water partition coefficient (Wildman–Crippen LogP) is 2.86. The number of carbonyl (C=O) groups is 1. The minimum atomic E-state index is -0.0565. The van der Waals surface area contributed by atoms with Gasteiger partial charge >= 0.3 is 0 Å². The highest BCUT2D eigenvalue weighted by molar-refractivity contribution is 7.15. The van der Waals surface area contributed by atoms with Crippen molar-refractivity contribution in [3.8, 4) is 0 Å². The Hall–Kier alpha value is -2.28. The molecule has 1 aliphatic rings. The van der Waals surface area contributed by atoms with Gasteiger partial charge in [0.05, 0.1) is 11.0 Å². The SMILES string of the molecule is O=C(CCc1nc2ccccc2[nH]1)Nc1nnc(C2CC2)s1. The number of rotatable bonds is 5. The normalized spacial score (nSPS) is 14.4. The highest BCUT2D eigenvalue weighted by Gasteiger charge is 2.27. The molecule has 7 heteroatoms. The number of hydrogen-bond acceptors (Lipinski definition) is 5. The standard InChI is InChI=1S/C15H15N5OS/c21-13(18-15-20-19-14(22-15)9-5-6-9)8-7-12-16-10-3-1-2-4-11(10)17-12/h1-4,9H,5-8H2,(H,16,17)(H,18,20,21). The zero-order chi connectivity index (χ0) is 14.9. The number of fused-ring (bicyclic) bond motifs is 1. The molecule has 4 rings (SSSR count). The lowest BCUT2D eigenvalue weighted by Gasteiger charge is -1.99. The molecule has 1 aliphatic carbocycles. The first-order valence-electron chi connectivity index (χ1n) is 7.35. The van der Waals surface area contributed by atoms with E-state index in [2.05, 4.69) is 25.5 Å². The summed E-state index contributed by atoms with van der Waals surface area (Å²) < 4.78 is 0. The Kier molecular flexibility index (Phi) is 3.34. The van der Waals surface area contributed by atoms with E-state index in [0.29, 0.717) is 23.9 Å². The van der Waals surface area contributed by atoms with Gasteiger partial charge in [0.1, 0.15) is 10.8 Å². The Bertz CT molecular complexity index is 787. The highest BCUT2D eigenvalue weighted by atomic mass is 32.1. The van der Waals surface area contributed by atoms with Crippen LogP contribution in [0.25, 0.3) is 11.0 Å². The summed E-state index contributed by atoms with van der Waals surface area (Å²) in [6.07, 6.45) is 3.33. The number of hydrogen-bond donors (Lipinski definition) is 2. The van der Waals surface area contributed by atoms with Crippen LogP contribution in [-0.2, 0) is 11.2 Å². The van der Waals surface area contributed by atoms with Crippen LogP contribution in [0.15, 0.2) is 24.3 Å². The van der Waals surface area contributed by atoms with Gasteiger partial charge in [-0.2, -0.15) is 0 Å². The van der Waals surface area contributed by atoms with Crippen molar-refractivity contribution in [2.24, 2.45) is 0 Å². The van der Waals surface area contributed by atoms with Crippen molar-refractivity contribution in [1.29, 1.82) is 0 Å². The van der Waals surface area contributed by atoms with E-state index in [4.69, 9.17) is 0 Å². The van der Waals surface area contributed by atoms with E-state index >= 15 is 0 Å². The zero-order valence-corrected chi connectivity index (χ0v) is 12.7. The second-order valence-corrected chi connectivity index (χ2v) is 6.48. The molecule has 0 radical (unpaired) electrons. The first-order valence-corrected chi connectivity index (χ1v) is 8.16. The molecular weight excluding hydrogens is 298 g/mol. The number of H-pyrrole nitrogens is 1. The molecule has 1 aromatic carbocycles. The monoisotopic (exact) mass is 313 g/mol. The first-order chi connectivity index (χ1) is 10.8. The van der Waals surface area contributed by atoms with Crippen LogP contribution in [0.2, 0.25) is 0 Å². The van der Waals surface area contributed by atoms with Gasteiger partial charge in [-0.25, -0.2) is 4.98 Å². The molecule has 0 spiro atoms. The molecule has 2 aromatic heterocycles. The number of anilines is 1. The number of nitrogens with one attached hydrogen (secondary N) is 2. The quantitative estimate of drug-likeness (QED) is 0.758. The molecule has 1 amide bonds. The Morgan fingerprint density at radius 3 is 3.00 bits per heavy atom. The fourth-order valence-electron chi connectivity index (χ4n) is 2.32. The first kappa shape index (κ1) is 13.4. The molecule has 6 nitrogen and oxygen atoms in total. The highest BCUT2D eigenvalue weighted by Crippen LogP contribution is 2.42. The number of benzene rings is 1. The lowest BCUT2D eigenvalue weighted by atomic mass is 10.3. The Balaban J connectivity index is 1.35. The van der Waals surface area contributed by atoms with Gasteiger partial charge in [0.25, 0.3) is 0 Å². The zero-order valence-electron chi connectivity index (χ0n) is 11.9. The van der Waals surface area contributed by atoms with Gasteiger partial charge in [-0.05, 0) is 25.0 Å². The van der Waals surface area contributed by atoms with Crippen LogP contribution in [0.4, 0.5) is 5.13 Å². The van der Waals surface area contributed by atoms with Gasteiger partial charge in [0, 0.05) is 18.8 Å². The minimum Gasteiger partial charge on any atom is -0.342 e. The summed E-state index contributed by atoms with van der Waals surface area (Å²) >= 11 is 1.48. The van der Waals surface area contributed by atoms with Crippen molar-refractivity contribution in [3.63, 3.8) is 0 Å². The number of imidazole rings is 1. The van der Waals surface area contributed by atoms with Crippen molar-refractivity contribution < 1.29 is 4.79 Å². The largest absolute Gasteiger partial charge is 0.342 e. The number of aromatic amines is 1. The van der Waals surface area contributed by atoms with Crippen LogP contribution in [0.5, 0.6) is 0 Å². The lowest BCUT2D eigenvalue weighted by Crippen LogP contribution is -2.12. The van der Waals surface area contributed by atoms with Gasteiger partial charge in [-0.3, -0.25) is 4.79 Å². The fraction of sp³-hybridized carbons (Fsp3) is 0.333. The molecule has 0 saturated heterocycles. The molecule has 22 heavy (non-hydrogen) atoms. The lowest BCUT2D eigenvalue weighted by molar-refractivity contribution is -0.116. The predicted molar refractivity (Wildman–Crippen MR) is 84.9 cm³/mol. The molecule has 0 bridgehead atoms. The Morgan fingerprint density at radius 2 is 2.18 bits per heavy atom. The van der Waals surface area contributed by atoms with E-state index in [1.165, 1.54) is 24.2 Å². The average molecular weight is 313 g/mol. The maximum Gasteiger partial charge on any atom is 0.226 e. The number of aryl methyl sites for hydroxylation is 1. The minimum absolute atomic E-state index is 0.0565. The van der Waals surface area contributed by atoms with E-state index in [-0.39, 0.29) is 5.91 Å². The summed E-state index contributed by atoms with van der Waals surface area (Å²) in [5.41, 5.74) is 1.92. The molecule has 0 aliphatic heterocycles. The van der Waals surface area contributed by atoms with Gasteiger partial charge in [0.15, 0.2) is 0 Å². The van der Waals surface area contributed by atoms with E-state index in [0.717, 1.165) is 21.9 Å². The fourth-order valence-corrected chi connectivity index (χ4v) is 3.25. The molecule has 2 heterocycles. The number of nitrogens with zero attached hydrogens (tertiary/aromatic N) is 3. The second-order valence-electron chi connectivity index (χ2n) is 5.47. The molecule has 112 valence electrons. The van der Waals surface area contributed by atoms with Crippen LogP contribution >= 0.6 is 11.3 Å². The average Bonchev–Trinajstić information content (AvgIpc) is 3.12. The molecule has 3 aromatic rings. The summed E-state index contributed by atoms with van der Waals surface area (Å²) in [5, 5.41) is 12.6. The van der Waals surface area contributed by atoms with Crippen LogP contribution in [0.3, 0.4) is 0 Å². The van der Waals surface area contributed by atoms with E-state index < -0.39 is 0 Å². The molecule has 0 atom stereocenters. The van der Waals surface area contributed by atoms with Gasteiger partial charge in [0.2, 0.25) is 11.0 Å². The third kappa shape index (κ3) is 2.85. The third-order valence-electron chi connectivity index (χ3n) is 3.64. The van der Waals surface area contributed by atoms with Gasteiger partial charge < -0.3 is 10.3 Å². The maximum absolute atomic E-state index is 12.0. The second kappa shape index (κ2) is 5.49. The maximum atomic E-state index is 12.0. The smallest absolute Gasteiger partial charge is 0.226 e. The Labute approximate surface area is 131 Å². The van der Waals surface area contributed by atoms with Crippen LogP contribution in [-0.4, -0.2) is 26.1 Å². The van der Waals surface area contributed by atoms with Gasteiger partial charge in [-0.15, -0.1) is 10.2 Å². The van der Waals surface area contributed by atoms with Crippen LogP contribution in [0.1, 0.15) is 36.0 Å². The number of amides is 1. The number of carbonyl (C=O) groups excluding carboxylic acids is 1. The summed E-state index contributed by atoms with van der Waals surface area (Å²) in [7, 11) is 0. The number of aromatic nitrogens is 4. The van der Waals surface area contributed by atoms with Crippen molar-refractivity contribution >= 4 is 33.4 Å². The summed E-state index contributed by atoms with van der Waals surface area (Å²) in [5.74, 6) is 1.34. The third-order valence-corrected chi connectivity index (χ3v) is 4.64. The molecule has 1 saturated carbocycles. The molecule has 1 fully saturated rings.